The van der Waals surface area contributed by atoms with Crippen LogP contribution in [0.5, 0.6) is 0 Å². The Balaban J connectivity index is 4.83. The van der Waals surface area contributed by atoms with Crippen LogP contribution < -0.4 is 0 Å². The van der Waals surface area contributed by atoms with Crippen molar-refractivity contribution in [2.75, 3.05) is 0 Å². The van der Waals surface area contributed by atoms with Gasteiger partial charge in [-0.05, 0) is 54.9 Å². The highest BCUT2D eigenvalue weighted by molar-refractivity contribution is 4.72. The van der Waals surface area contributed by atoms with Crippen LogP contribution in [-0.4, -0.2) is 39.4 Å². The Kier molecular flexibility index (Phi) is 11.5. The van der Waals surface area contributed by atoms with Crippen LogP contribution in [0.2, 0.25) is 0 Å². The summed E-state index contributed by atoms with van der Waals surface area (Å²) in [6, 6.07) is 0. The molecule has 0 saturated carbocycles. The van der Waals surface area contributed by atoms with Gasteiger partial charge in [0.25, 0.3) is 0 Å². The number of hydrogen-bond acceptors (Lipinski definition) is 6. The number of hydrogen-bond donors (Lipinski definition) is 2. The number of unbranched alkanes of at least 4 members (excludes halogenated alkanes) is 3. The smallest absolute Gasteiger partial charge is 0.231 e. The molecule has 2 unspecified atom stereocenters. The highest BCUT2D eigenvalue weighted by atomic mass is 17.3. The van der Waals surface area contributed by atoms with Crippen LogP contribution in [0.3, 0.4) is 0 Å². The molecule has 0 rings (SSSR count). The summed E-state index contributed by atoms with van der Waals surface area (Å²) in [5, 5.41) is 19.2. The number of aliphatic hydroxyl groups excluding tert-OH is 2. The first-order chi connectivity index (χ1) is 11.8. The number of aliphatic hydroxyl groups is 2. The predicted molar refractivity (Wildman–Crippen MR) is 102 cm³/mol. The van der Waals surface area contributed by atoms with Gasteiger partial charge in [-0.2, -0.15) is 9.78 Å². The summed E-state index contributed by atoms with van der Waals surface area (Å²) in [7, 11) is 0. The fourth-order valence-corrected chi connectivity index (χ4v) is 2.86. The van der Waals surface area contributed by atoms with E-state index in [1.807, 2.05) is 27.7 Å². The second-order valence-electron chi connectivity index (χ2n) is 8.90. The Morgan fingerprint density at radius 2 is 1.12 bits per heavy atom. The first-order valence-corrected chi connectivity index (χ1v) is 9.91. The van der Waals surface area contributed by atoms with Gasteiger partial charge in [-0.25, -0.2) is 9.78 Å². The van der Waals surface area contributed by atoms with Gasteiger partial charge < -0.3 is 10.2 Å². The topological polar surface area (TPSA) is 77.4 Å². The van der Waals surface area contributed by atoms with Crippen LogP contribution in [0.1, 0.15) is 100 Å². The maximum Gasteiger partial charge on any atom is 0.231 e. The molecule has 0 aliphatic carbocycles. The lowest BCUT2D eigenvalue weighted by Gasteiger charge is -2.35. The van der Waals surface area contributed by atoms with Crippen LogP contribution in [0.15, 0.2) is 0 Å². The van der Waals surface area contributed by atoms with E-state index in [2.05, 4.69) is 6.92 Å². The van der Waals surface area contributed by atoms with Gasteiger partial charge in [-0.3, -0.25) is 0 Å². The summed E-state index contributed by atoms with van der Waals surface area (Å²) in [6.07, 6.45) is 4.80. The molecular formula is C20H42O6. The summed E-state index contributed by atoms with van der Waals surface area (Å²) in [5.41, 5.74) is -1.31. The third-order valence-corrected chi connectivity index (χ3v) is 3.95. The predicted octanol–water partition coefficient (Wildman–Crippen LogP) is 4.67. The standard InChI is InChI=1S/C20H42O6/c1-9-10-11-12-13-20(8,25-23-18(4,5)14-16(2)21)26-24-19(6,7)15-17(3)22/h16-17,21-22H,9-15H2,1-8H3. The fourth-order valence-electron chi connectivity index (χ4n) is 2.86. The second kappa shape index (κ2) is 11.6. The van der Waals surface area contributed by atoms with Gasteiger partial charge in [-0.15, -0.1) is 0 Å². The molecule has 0 aromatic rings. The molecule has 0 heterocycles. The van der Waals surface area contributed by atoms with Crippen LogP contribution in [0.25, 0.3) is 0 Å². The van der Waals surface area contributed by atoms with Crippen LogP contribution in [-0.2, 0) is 19.6 Å². The Labute approximate surface area is 160 Å². The lowest BCUT2D eigenvalue weighted by molar-refractivity contribution is -0.541. The van der Waals surface area contributed by atoms with Gasteiger partial charge in [0.15, 0.2) is 0 Å². The van der Waals surface area contributed by atoms with Gasteiger partial charge in [0.1, 0.15) is 11.2 Å². The van der Waals surface area contributed by atoms with E-state index in [1.165, 1.54) is 0 Å². The minimum absolute atomic E-state index is 0.438. The van der Waals surface area contributed by atoms with Crippen molar-refractivity contribution in [3.63, 3.8) is 0 Å². The van der Waals surface area contributed by atoms with Gasteiger partial charge in [0.05, 0.1) is 12.2 Å². The zero-order valence-electron chi connectivity index (χ0n) is 18.1. The average Bonchev–Trinajstić information content (AvgIpc) is 2.46. The summed E-state index contributed by atoms with van der Waals surface area (Å²) in [6.45, 7) is 14.8. The summed E-state index contributed by atoms with van der Waals surface area (Å²) >= 11 is 0. The Morgan fingerprint density at radius 1 is 0.692 bits per heavy atom. The molecular weight excluding hydrogens is 336 g/mol. The first-order valence-electron chi connectivity index (χ1n) is 9.91. The maximum atomic E-state index is 9.60. The normalized spacial score (nSPS) is 17.8. The second-order valence-corrected chi connectivity index (χ2v) is 8.90. The van der Waals surface area contributed by atoms with Crippen LogP contribution in [0.4, 0.5) is 0 Å². The lowest BCUT2D eigenvalue weighted by Crippen LogP contribution is -2.41. The summed E-state index contributed by atoms with van der Waals surface area (Å²) < 4.78 is 0. The highest BCUT2D eigenvalue weighted by Crippen LogP contribution is 2.29. The van der Waals surface area contributed by atoms with E-state index in [0.717, 1.165) is 25.7 Å². The Bertz CT molecular complexity index is 339. The van der Waals surface area contributed by atoms with Crippen molar-refractivity contribution in [3.8, 4) is 0 Å². The molecule has 0 aromatic heterocycles. The SMILES string of the molecule is CCCCCCC(C)(OOC(C)(C)CC(C)O)OOC(C)(C)CC(C)O. The zero-order chi connectivity index (χ0) is 20.4. The first kappa shape index (κ1) is 25.8. The molecule has 0 saturated heterocycles. The van der Waals surface area contributed by atoms with E-state index in [-0.39, 0.29) is 0 Å². The van der Waals surface area contributed by atoms with Gasteiger partial charge >= 0.3 is 0 Å². The molecule has 0 amide bonds. The minimum Gasteiger partial charge on any atom is -0.393 e. The maximum absolute atomic E-state index is 9.60. The molecule has 0 aromatic carbocycles. The van der Waals surface area contributed by atoms with Gasteiger partial charge in [-0.1, -0.05) is 26.2 Å². The molecule has 0 fully saturated rings. The molecule has 0 radical (unpaired) electrons. The van der Waals surface area contributed by atoms with Crippen LogP contribution in [0, 0.1) is 0 Å². The highest BCUT2D eigenvalue weighted by Gasteiger charge is 2.35. The van der Waals surface area contributed by atoms with E-state index in [0.29, 0.717) is 19.3 Å². The van der Waals surface area contributed by atoms with E-state index < -0.39 is 29.2 Å². The summed E-state index contributed by atoms with van der Waals surface area (Å²) in [5.74, 6) is -1.07. The van der Waals surface area contributed by atoms with Gasteiger partial charge in [0.2, 0.25) is 5.79 Å². The molecule has 26 heavy (non-hydrogen) atoms. The molecule has 0 aliphatic heterocycles. The van der Waals surface area contributed by atoms with E-state index in [4.69, 9.17) is 19.6 Å². The third-order valence-electron chi connectivity index (χ3n) is 3.95. The average molecular weight is 379 g/mol. The molecule has 2 atom stereocenters. The minimum atomic E-state index is -1.07. The molecule has 0 spiro atoms. The van der Waals surface area contributed by atoms with Crippen molar-refractivity contribution in [3.05, 3.63) is 0 Å². The summed E-state index contributed by atoms with van der Waals surface area (Å²) in [4.78, 5) is 22.5. The van der Waals surface area contributed by atoms with Crippen molar-refractivity contribution in [2.24, 2.45) is 0 Å². The van der Waals surface area contributed by atoms with Crippen molar-refractivity contribution >= 4 is 0 Å². The Morgan fingerprint density at radius 3 is 1.46 bits per heavy atom. The largest absolute Gasteiger partial charge is 0.393 e. The molecule has 0 aliphatic rings. The van der Waals surface area contributed by atoms with Gasteiger partial charge in [0, 0.05) is 19.3 Å². The fraction of sp³-hybridized carbons (Fsp3) is 1.00. The molecule has 6 nitrogen and oxygen atoms in total. The molecule has 158 valence electrons. The monoisotopic (exact) mass is 378 g/mol. The van der Waals surface area contributed by atoms with E-state index >= 15 is 0 Å². The molecule has 2 N–H and O–H groups in total. The lowest BCUT2D eigenvalue weighted by atomic mass is 10.0. The zero-order valence-corrected chi connectivity index (χ0v) is 18.1. The molecule has 0 bridgehead atoms. The third kappa shape index (κ3) is 13.0. The van der Waals surface area contributed by atoms with Crippen LogP contribution >= 0.6 is 0 Å². The van der Waals surface area contributed by atoms with Crippen molar-refractivity contribution in [1.82, 2.24) is 0 Å². The number of rotatable bonds is 15. The molecule has 6 heteroatoms. The van der Waals surface area contributed by atoms with Crippen molar-refractivity contribution < 1.29 is 29.8 Å². The van der Waals surface area contributed by atoms with E-state index in [1.54, 1.807) is 20.8 Å². The van der Waals surface area contributed by atoms with E-state index in [9.17, 15) is 10.2 Å². The van der Waals surface area contributed by atoms with Crippen molar-refractivity contribution in [2.45, 2.75) is 130 Å². The quantitative estimate of drug-likeness (QED) is 0.187. The Hall–Kier alpha value is -0.240. The van der Waals surface area contributed by atoms with Crippen molar-refractivity contribution in [1.29, 1.82) is 0 Å².